The third-order valence-electron chi connectivity index (χ3n) is 2.98. The molecule has 102 valence electrons. The highest BCUT2D eigenvalue weighted by Crippen LogP contribution is 2.15. The first-order chi connectivity index (χ1) is 8.69. The topological polar surface area (TPSA) is 58.3 Å². The van der Waals surface area contributed by atoms with Crippen molar-refractivity contribution in [3.8, 4) is 0 Å². The van der Waals surface area contributed by atoms with E-state index in [9.17, 15) is 0 Å². The van der Waals surface area contributed by atoms with E-state index in [2.05, 4.69) is 28.8 Å². The van der Waals surface area contributed by atoms with Crippen molar-refractivity contribution >= 4 is 11.6 Å². The van der Waals surface area contributed by atoms with E-state index in [1.54, 1.807) is 6.33 Å². The molecule has 5 heteroatoms. The first kappa shape index (κ1) is 14.7. The van der Waals surface area contributed by atoms with Gasteiger partial charge in [0.15, 0.2) is 0 Å². The van der Waals surface area contributed by atoms with Crippen LogP contribution in [0, 0.1) is 0 Å². The van der Waals surface area contributed by atoms with Crippen molar-refractivity contribution < 1.29 is 0 Å². The largest absolute Gasteiger partial charge is 0.360 e. The summed E-state index contributed by atoms with van der Waals surface area (Å²) in [5.41, 5.74) is 5.55. The number of rotatable bonds is 8. The Bertz CT molecular complexity index is 342. The lowest BCUT2D eigenvalue weighted by Crippen LogP contribution is -2.26. The predicted octanol–water partition coefficient (Wildman–Crippen LogP) is 1.50. The smallest absolute Gasteiger partial charge is 0.133 e. The monoisotopic (exact) mass is 251 g/mol. The maximum atomic E-state index is 5.55. The van der Waals surface area contributed by atoms with Gasteiger partial charge in [0, 0.05) is 39.8 Å². The molecule has 1 aromatic rings. The zero-order valence-corrected chi connectivity index (χ0v) is 11.8. The highest BCUT2D eigenvalue weighted by molar-refractivity contribution is 5.49. The highest BCUT2D eigenvalue weighted by atomic mass is 15.2. The molecular formula is C13H25N5. The van der Waals surface area contributed by atoms with Crippen molar-refractivity contribution in [3.63, 3.8) is 0 Å². The van der Waals surface area contributed by atoms with Crippen LogP contribution < -0.4 is 15.5 Å². The van der Waals surface area contributed by atoms with Crippen LogP contribution in [0.25, 0.3) is 0 Å². The number of likely N-dealkylation sites (N-methyl/N-ethyl adjacent to an activating group) is 1. The molecule has 0 aliphatic rings. The molecule has 0 radical (unpaired) electrons. The molecule has 0 amide bonds. The van der Waals surface area contributed by atoms with Gasteiger partial charge in [-0.3, -0.25) is 0 Å². The fraction of sp³-hybridized carbons (Fsp3) is 0.692. The van der Waals surface area contributed by atoms with E-state index in [0.717, 1.165) is 24.7 Å². The molecule has 1 rings (SSSR count). The number of nitrogens with zero attached hydrogens (tertiary/aromatic N) is 4. The Morgan fingerprint density at radius 3 is 2.22 bits per heavy atom. The Labute approximate surface area is 110 Å². The van der Waals surface area contributed by atoms with E-state index < -0.39 is 0 Å². The van der Waals surface area contributed by atoms with E-state index in [0.29, 0.717) is 6.54 Å². The van der Waals surface area contributed by atoms with Crippen molar-refractivity contribution in [2.24, 2.45) is 5.73 Å². The number of unbranched alkanes of at least 4 members (excludes halogenated alkanes) is 2. The van der Waals surface area contributed by atoms with Crippen LogP contribution in [0.2, 0.25) is 0 Å². The first-order valence-electron chi connectivity index (χ1n) is 6.63. The quantitative estimate of drug-likeness (QED) is 0.710. The second kappa shape index (κ2) is 7.87. The van der Waals surface area contributed by atoms with Gasteiger partial charge in [0.05, 0.1) is 0 Å². The molecule has 1 heterocycles. The molecule has 0 fully saturated rings. The molecule has 18 heavy (non-hydrogen) atoms. The summed E-state index contributed by atoms with van der Waals surface area (Å²) in [6.07, 6.45) is 5.32. The molecule has 0 atom stereocenters. The van der Waals surface area contributed by atoms with Gasteiger partial charge in [0.1, 0.15) is 18.0 Å². The molecule has 0 saturated heterocycles. The molecule has 0 unspecified atom stereocenters. The Morgan fingerprint density at radius 1 is 1.06 bits per heavy atom. The standard InChI is InChI=1S/C13H25N5/c1-4-5-6-8-17(2)12-10-13(16-11-15-12)18(3)9-7-14/h10-11H,4-9,14H2,1-3H3. The van der Waals surface area contributed by atoms with Crippen LogP contribution in [0.5, 0.6) is 0 Å². The molecule has 0 aromatic carbocycles. The van der Waals surface area contributed by atoms with Crippen LogP contribution in [0.4, 0.5) is 11.6 Å². The minimum atomic E-state index is 0.627. The molecule has 0 saturated carbocycles. The summed E-state index contributed by atoms with van der Waals surface area (Å²) in [4.78, 5) is 12.8. The van der Waals surface area contributed by atoms with Gasteiger partial charge < -0.3 is 15.5 Å². The average molecular weight is 251 g/mol. The van der Waals surface area contributed by atoms with Crippen molar-refractivity contribution in [2.75, 3.05) is 43.5 Å². The number of nitrogens with two attached hydrogens (primary N) is 1. The second-order valence-corrected chi connectivity index (χ2v) is 4.57. The van der Waals surface area contributed by atoms with Crippen molar-refractivity contribution in [1.29, 1.82) is 0 Å². The van der Waals surface area contributed by atoms with E-state index in [-0.39, 0.29) is 0 Å². The van der Waals surface area contributed by atoms with Gasteiger partial charge in [-0.1, -0.05) is 19.8 Å². The minimum absolute atomic E-state index is 0.627. The number of anilines is 2. The van der Waals surface area contributed by atoms with Gasteiger partial charge in [-0.2, -0.15) is 0 Å². The highest BCUT2D eigenvalue weighted by Gasteiger charge is 2.06. The SMILES string of the molecule is CCCCCN(C)c1cc(N(C)CCN)ncn1. The molecule has 0 bridgehead atoms. The summed E-state index contributed by atoms with van der Waals surface area (Å²) < 4.78 is 0. The minimum Gasteiger partial charge on any atom is -0.360 e. The van der Waals surface area contributed by atoms with E-state index in [1.165, 1.54) is 19.3 Å². The van der Waals surface area contributed by atoms with E-state index in [1.807, 2.05) is 18.0 Å². The van der Waals surface area contributed by atoms with Crippen molar-refractivity contribution in [2.45, 2.75) is 26.2 Å². The van der Waals surface area contributed by atoms with Gasteiger partial charge >= 0.3 is 0 Å². The lowest BCUT2D eigenvalue weighted by Gasteiger charge is -2.21. The van der Waals surface area contributed by atoms with Gasteiger partial charge in [0.25, 0.3) is 0 Å². The van der Waals surface area contributed by atoms with Gasteiger partial charge in [-0.05, 0) is 6.42 Å². The van der Waals surface area contributed by atoms with Crippen LogP contribution in [0.15, 0.2) is 12.4 Å². The number of aromatic nitrogens is 2. The average Bonchev–Trinajstić information content (AvgIpc) is 2.39. The van der Waals surface area contributed by atoms with Gasteiger partial charge in [-0.25, -0.2) is 9.97 Å². The van der Waals surface area contributed by atoms with Crippen LogP contribution >= 0.6 is 0 Å². The van der Waals surface area contributed by atoms with Gasteiger partial charge in [-0.15, -0.1) is 0 Å². The molecule has 1 aromatic heterocycles. The normalized spacial score (nSPS) is 10.4. The van der Waals surface area contributed by atoms with E-state index >= 15 is 0 Å². The molecule has 2 N–H and O–H groups in total. The zero-order valence-electron chi connectivity index (χ0n) is 11.8. The summed E-state index contributed by atoms with van der Waals surface area (Å²) in [5, 5.41) is 0. The van der Waals surface area contributed by atoms with E-state index in [4.69, 9.17) is 5.73 Å². The Balaban J connectivity index is 2.63. The predicted molar refractivity (Wildman–Crippen MR) is 77.2 cm³/mol. The van der Waals surface area contributed by atoms with Crippen LogP contribution in [0.1, 0.15) is 26.2 Å². The molecule has 5 nitrogen and oxygen atoms in total. The maximum Gasteiger partial charge on any atom is 0.133 e. The zero-order chi connectivity index (χ0) is 13.4. The lowest BCUT2D eigenvalue weighted by molar-refractivity contribution is 0.700. The summed E-state index contributed by atoms with van der Waals surface area (Å²) >= 11 is 0. The molecule has 0 aliphatic heterocycles. The fourth-order valence-corrected chi connectivity index (χ4v) is 1.78. The molecular weight excluding hydrogens is 226 g/mol. The molecule has 0 spiro atoms. The summed E-state index contributed by atoms with van der Waals surface area (Å²) in [6, 6.07) is 2.02. The molecule has 0 aliphatic carbocycles. The van der Waals surface area contributed by atoms with Gasteiger partial charge in [0.2, 0.25) is 0 Å². The lowest BCUT2D eigenvalue weighted by atomic mass is 10.2. The first-order valence-corrected chi connectivity index (χ1v) is 6.63. The Hall–Kier alpha value is -1.36. The van der Waals surface area contributed by atoms with Crippen LogP contribution in [-0.4, -0.2) is 43.7 Å². The van der Waals surface area contributed by atoms with Crippen LogP contribution in [-0.2, 0) is 0 Å². The summed E-state index contributed by atoms with van der Waals surface area (Å²) in [5.74, 6) is 1.90. The second-order valence-electron chi connectivity index (χ2n) is 4.57. The van der Waals surface area contributed by atoms with Crippen LogP contribution in [0.3, 0.4) is 0 Å². The Kier molecular flexibility index (Phi) is 6.43. The number of hydrogen-bond donors (Lipinski definition) is 1. The van der Waals surface area contributed by atoms with Crippen molar-refractivity contribution in [1.82, 2.24) is 9.97 Å². The Morgan fingerprint density at radius 2 is 1.67 bits per heavy atom. The fourth-order valence-electron chi connectivity index (χ4n) is 1.78. The maximum absolute atomic E-state index is 5.55. The third-order valence-corrected chi connectivity index (χ3v) is 2.98. The third kappa shape index (κ3) is 4.49. The summed E-state index contributed by atoms with van der Waals surface area (Å²) in [7, 11) is 4.07. The number of hydrogen-bond acceptors (Lipinski definition) is 5. The summed E-state index contributed by atoms with van der Waals surface area (Å²) in [6.45, 7) is 4.67. The van der Waals surface area contributed by atoms with Crippen molar-refractivity contribution in [3.05, 3.63) is 12.4 Å².